The van der Waals surface area contributed by atoms with E-state index in [-0.39, 0.29) is 16.5 Å². The molecule has 2 heterocycles. The van der Waals surface area contributed by atoms with Crippen LogP contribution >= 0.6 is 0 Å². The first-order valence-corrected chi connectivity index (χ1v) is 11.3. The molecule has 0 radical (unpaired) electrons. The van der Waals surface area contributed by atoms with Crippen molar-refractivity contribution >= 4 is 21.6 Å². The van der Waals surface area contributed by atoms with Crippen LogP contribution in [0.2, 0.25) is 0 Å². The molecule has 1 aliphatic rings. The minimum Gasteiger partial charge on any atom is -0.497 e. The number of hydrogen-bond donors (Lipinski definition) is 0. The molecule has 0 fully saturated rings. The van der Waals surface area contributed by atoms with E-state index in [2.05, 4.69) is 11.1 Å². The molecule has 0 spiro atoms. The number of amides is 1. The molecule has 0 saturated heterocycles. The van der Waals surface area contributed by atoms with Gasteiger partial charge in [-0.1, -0.05) is 24.3 Å². The molecule has 3 aromatic rings. The van der Waals surface area contributed by atoms with Crippen molar-refractivity contribution in [1.29, 1.82) is 0 Å². The van der Waals surface area contributed by atoms with Crippen molar-refractivity contribution in [2.45, 2.75) is 17.9 Å². The molecular weight excluding hydrogens is 414 g/mol. The monoisotopic (exact) mass is 437 g/mol. The van der Waals surface area contributed by atoms with Gasteiger partial charge in [0.05, 0.1) is 17.7 Å². The van der Waals surface area contributed by atoms with Crippen LogP contribution in [0.3, 0.4) is 0 Å². The molecule has 0 saturated carbocycles. The van der Waals surface area contributed by atoms with Crippen LogP contribution in [0.5, 0.6) is 5.75 Å². The average Bonchev–Trinajstić information content (AvgIpc) is 2.82. The number of aromatic nitrogens is 1. The lowest BCUT2D eigenvalue weighted by molar-refractivity contribution is 0.0729. The first-order chi connectivity index (χ1) is 14.9. The minimum atomic E-state index is -3.80. The maximum absolute atomic E-state index is 13.1. The largest absolute Gasteiger partial charge is 0.497 e. The lowest BCUT2D eigenvalue weighted by Crippen LogP contribution is -2.36. The Balaban J connectivity index is 1.57. The van der Waals surface area contributed by atoms with E-state index in [1.54, 1.807) is 23.1 Å². The molecule has 160 valence electrons. The Kier molecular flexibility index (Phi) is 5.65. The standard InChI is InChI=1S/C23H23N3O4S/c1-25(31(28,29)21-9-7-20(30-2)8-10-21)19-11-13-24-22(15-19)23(27)26-14-12-17-5-3-4-6-18(17)16-26/h3-11,13,15H,12,14,16H2,1-2H3. The van der Waals surface area contributed by atoms with Crippen LogP contribution in [-0.4, -0.2) is 44.9 Å². The predicted octanol–water partition coefficient (Wildman–Crippen LogP) is 3.11. The van der Waals surface area contributed by atoms with Gasteiger partial charge in [0.25, 0.3) is 15.9 Å². The van der Waals surface area contributed by atoms with E-state index in [4.69, 9.17) is 4.74 Å². The molecule has 0 atom stereocenters. The maximum atomic E-state index is 13.1. The molecule has 0 unspecified atom stereocenters. The highest BCUT2D eigenvalue weighted by Gasteiger charge is 2.25. The first-order valence-electron chi connectivity index (χ1n) is 9.85. The van der Waals surface area contributed by atoms with Gasteiger partial charge in [0.2, 0.25) is 0 Å². The van der Waals surface area contributed by atoms with Crippen molar-refractivity contribution in [3.05, 3.63) is 83.7 Å². The van der Waals surface area contributed by atoms with Crippen LogP contribution in [0, 0.1) is 0 Å². The highest BCUT2D eigenvalue weighted by Crippen LogP contribution is 2.25. The molecule has 1 aliphatic heterocycles. The maximum Gasteiger partial charge on any atom is 0.272 e. The van der Waals surface area contributed by atoms with E-state index in [0.29, 0.717) is 24.5 Å². The topological polar surface area (TPSA) is 79.8 Å². The summed E-state index contributed by atoms with van der Waals surface area (Å²) in [5.41, 5.74) is 2.95. The van der Waals surface area contributed by atoms with Gasteiger partial charge in [-0.2, -0.15) is 0 Å². The van der Waals surface area contributed by atoms with Gasteiger partial charge >= 0.3 is 0 Å². The molecular formula is C23H23N3O4S. The van der Waals surface area contributed by atoms with Crippen molar-refractivity contribution < 1.29 is 17.9 Å². The lowest BCUT2D eigenvalue weighted by atomic mass is 10.00. The number of carbonyl (C=O) groups excluding carboxylic acids is 1. The van der Waals surface area contributed by atoms with E-state index >= 15 is 0 Å². The van der Waals surface area contributed by atoms with Crippen LogP contribution in [0.4, 0.5) is 5.69 Å². The normalized spacial score (nSPS) is 13.4. The number of methoxy groups -OCH3 is 1. The van der Waals surface area contributed by atoms with E-state index in [0.717, 1.165) is 16.3 Å². The summed E-state index contributed by atoms with van der Waals surface area (Å²) in [6, 6.07) is 17.3. The van der Waals surface area contributed by atoms with E-state index < -0.39 is 10.0 Å². The van der Waals surface area contributed by atoms with E-state index in [9.17, 15) is 13.2 Å². The smallest absolute Gasteiger partial charge is 0.272 e. The molecule has 7 nitrogen and oxygen atoms in total. The van der Waals surface area contributed by atoms with E-state index in [1.807, 2.05) is 18.2 Å². The summed E-state index contributed by atoms with van der Waals surface area (Å²) in [5, 5.41) is 0. The summed E-state index contributed by atoms with van der Waals surface area (Å²) in [6.45, 7) is 1.11. The van der Waals surface area contributed by atoms with Crippen molar-refractivity contribution in [2.75, 3.05) is 25.0 Å². The van der Waals surface area contributed by atoms with Crippen LogP contribution in [0.15, 0.2) is 71.8 Å². The van der Waals surface area contributed by atoms with Crippen LogP contribution in [-0.2, 0) is 23.0 Å². The van der Waals surface area contributed by atoms with Gasteiger partial charge in [-0.25, -0.2) is 8.42 Å². The summed E-state index contributed by atoms with van der Waals surface area (Å²) in [4.78, 5) is 19.1. The fourth-order valence-corrected chi connectivity index (χ4v) is 4.80. The first kappa shape index (κ1) is 20.9. The zero-order valence-corrected chi connectivity index (χ0v) is 18.2. The summed E-state index contributed by atoms with van der Waals surface area (Å²) in [5.74, 6) is 0.355. The summed E-state index contributed by atoms with van der Waals surface area (Å²) < 4.78 is 32.3. The third-order valence-electron chi connectivity index (χ3n) is 5.46. The van der Waals surface area contributed by atoms with Crippen molar-refractivity contribution in [2.24, 2.45) is 0 Å². The van der Waals surface area contributed by atoms with Crippen LogP contribution < -0.4 is 9.04 Å². The number of sulfonamides is 1. The third-order valence-corrected chi connectivity index (χ3v) is 7.26. The molecule has 31 heavy (non-hydrogen) atoms. The molecule has 1 amide bonds. The number of carbonyl (C=O) groups is 1. The quantitative estimate of drug-likeness (QED) is 0.613. The van der Waals surface area contributed by atoms with Gasteiger partial charge in [0.15, 0.2) is 0 Å². The fourth-order valence-electron chi connectivity index (χ4n) is 3.61. The number of pyridine rings is 1. The second kappa shape index (κ2) is 8.39. The van der Waals surface area contributed by atoms with Crippen LogP contribution in [0.1, 0.15) is 21.6 Å². The van der Waals surface area contributed by atoms with Crippen molar-refractivity contribution in [3.8, 4) is 5.75 Å². The number of benzene rings is 2. The Morgan fingerprint density at radius 2 is 1.77 bits per heavy atom. The average molecular weight is 438 g/mol. The van der Waals surface area contributed by atoms with Crippen molar-refractivity contribution in [3.63, 3.8) is 0 Å². The lowest BCUT2D eigenvalue weighted by Gasteiger charge is -2.29. The second-order valence-corrected chi connectivity index (χ2v) is 9.26. The molecule has 0 N–H and O–H groups in total. The molecule has 4 rings (SSSR count). The Labute approximate surface area is 182 Å². The number of ether oxygens (including phenoxy) is 1. The zero-order valence-electron chi connectivity index (χ0n) is 17.4. The molecule has 2 aromatic carbocycles. The summed E-state index contributed by atoms with van der Waals surface area (Å²) >= 11 is 0. The van der Waals surface area contributed by atoms with Crippen LogP contribution in [0.25, 0.3) is 0 Å². The predicted molar refractivity (Wildman–Crippen MR) is 118 cm³/mol. The Morgan fingerprint density at radius 1 is 1.06 bits per heavy atom. The van der Waals surface area contributed by atoms with Gasteiger partial charge in [0.1, 0.15) is 11.4 Å². The molecule has 0 aliphatic carbocycles. The molecule has 8 heteroatoms. The van der Waals surface area contributed by atoms with Crippen molar-refractivity contribution in [1.82, 2.24) is 9.88 Å². The van der Waals surface area contributed by atoms with Gasteiger partial charge < -0.3 is 9.64 Å². The Morgan fingerprint density at radius 3 is 2.48 bits per heavy atom. The number of nitrogens with zero attached hydrogens (tertiary/aromatic N) is 3. The van der Waals surface area contributed by atoms with Gasteiger partial charge in [-0.15, -0.1) is 0 Å². The molecule has 0 bridgehead atoms. The SMILES string of the molecule is COc1ccc(S(=O)(=O)N(C)c2ccnc(C(=O)N3CCc4ccccc4C3)c2)cc1. The fraction of sp³-hybridized carbons (Fsp3) is 0.217. The third kappa shape index (κ3) is 4.11. The Hall–Kier alpha value is -3.39. The second-order valence-electron chi connectivity index (χ2n) is 7.29. The van der Waals surface area contributed by atoms with E-state index in [1.165, 1.54) is 44.1 Å². The number of rotatable bonds is 5. The molecule has 1 aromatic heterocycles. The summed E-state index contributed by atoms with van der Waals surface area (Å²) in [7, 11) is -0.821. The number of anilines is 1. The summed E-state index contributed by atoms with van der Waals surface area (Å²) in [6.07, 6.45) is 2.24. The number of fused-ring (bicyclic) bond motifs is 1. The highest BCUT2D eigenvalue weighted by atomic mass is 32.2. The number of hydrogen-bond acceptors (Lipinski definition) is 5. The highest BCUT2D eigenvalue weighted by molar-refractivity contribution is 7.92. The van der Waals surface area contributed by atoms with Gasteiger partial charge in [0, 0.05) is 26.3 Å². The van der Waals surface area contributed by atoms with Gasteiger partial charge in [-0.3, -0.25) is 14.1 Å². The zero-order chi connectivity index (χ0) is 22.0. The minimum absolute atomic E-state index is 0.133. The Bertz CT molecular complexity index is 1210. The van der Waals surface area contributed by atoms with Gasteiger partial charge in [-0.05, 0) is 53.9 Å².